The molecular formula is C27H32. The van der Waals surface area contributed by atoms with Gasteiger partial charge in [-0.1, -0.05) is 112 Å². The maximum atomic E-state index is 2.33. The molecule has 0 bridgehead atoms. The molecule has 0 radical (unpaired) electrons. The molecule has 0 spiro atoms. The Hall–Kier alpha value is -2.34. The summed E-state index contributed by atoms with van der Waals surface area (Å²) in [5.74, 6) is 0. The third-order valence-corrected chi connectivity index (χ3v) is 5.66. The van der Waals surface area contributed by atoms with Crippen molar-refractivity contribution in [2.45, 2.75) is 59.3 Å². The van der Waals surface area contributed by atoms with Gasteiger partial charge in [-0.25, -0.2) is 0 Å². The van der Waals surface area contributed by atoms with E-state index in [0.29, 0.717) is 0 Å². The lowest BCUT2D eigenvalue weighted by atomic mass is 9.82. The second kappa shape index (κ2) is 7.00. The van der Waals surface area contributed by atoms with Gasteiger partial charge in [0, 0.05) is 5.41 Å². The molecule has 0 saturated heterocycles. The molecule has 0 aliphatic heterocycles. The Balaban J connectivity index is 0.000000168. The summed E-state index contributed by atoms with van der Waals surface area (Å²) in [5.41, 5.74) is 10.3. The SMILES string of the molecule is Cc1ccc(C(C)(C)C)cc1.Cc1ccc2c(c1)C(C)(C)c1ccccc1-2. The van der Waals surface area contributed by atoms with Gasteiger partial charge < -0.3 is 0 Å². The number of hydrogen-bond donors (Lipinski definition) is 0. The zero-order chi connectivity index (χ0) is 19.8. The van der Waals surface area contributed by atoms with Crippen molar-refractivity contribution < 1.29 is 0 Å². The van der Waals surface area contributed by atoms with E-state index in [1.165, 1.54) is 38.9 Å². The van der Waals surface area contributed by atoms with E-state index in [9.17, 15) is 0 Å². The van der Waals surface area contributed by atoms with Crippen molar-refractivity contribution in [1.82, 2.24) is 0 Å². The predicted octanol–water partition coefficient (Wildman–Crippen LogP) is 7.59. The summed E-state index contributed by atoms with van der Waals surface area (Å²) in [6.07, 6.45) is 0. The fraction of sp³-hybridized carbons (Fsp3) is 0.333. The van der Waals surface area contributed by atoms with Gasteiger partial charge in [-0.05, 0) is 47.1 Å². The Morgan fingerprint density at radius 1 is 0.630 bits per heavy atom. The van der Waals surface area contributed by atoms with Crippen molar-refractivity contribution in [3.63, 3.8) is 0 Å². The topological polar surface area (TPSA) is 0 Å². The first-order valence-corrected chi connectivity index (χ1v) is 9.89. The summed E-state index contributed by atoms with van der Waals surface area (Å²) in [4.78, 5) is 0. The van der Waals surface area contributed by atoms with E-state index in [2.05, 4.69) is 115 Å². The highest BCUT2D eigenvalue weighted by atomic mass is 14.4. The average Bonchev–Trinajstić information content (AvgIpc) is 2.83. The zero-order valence-electron chi connectivity index (χ0n) is 17.9. The molecule has 3 aromatic rings. The third-order valence-electron chi connectivity index (χ3n) is 5.66. The number of rotatable bonds is 0. The molecule has 0 aromatic heterocycles. The van der Waals surface area contributed by atoms with Crippen LogP contribution >= 0.6 is 0 Å². The highest BCUT2D eigenvalue weighted by Crippen LogP contribution is 2.48. The summed E-state index contributed by atoms with van der Waals surface area (Å²) in [6, 6.07) is 24.3. The van der Waals surface area contributed by atoms with Gasteiger partial charge in [-0.3, -0.25) is 0 Å². The van der Waals surface area contributed by atoms with Gasteiger partial charge in [0.15, 0.2) is 0 Å². The van der Waals surface area contributed by atoms with Gasteiger partial charge in [-0.15, -0.1) is 0 Å². The highest BCUT2D eigenvalue weighted by Gasteiger charge is 2.34. The normalized spacial score (nSPS) is 14.0. The Morgan fingerprint density at radius 3 is 1.81 bits per heavy atom. The van der Waals surface area contributed by atoms with Crippen LogP contribution in [0.2, 0.25) is 0 Å². The van der Waals surface area contributed by atoms with E-state index in [1.54, 1.807) is 0 Å². The monoisotopic (exact) mass is 356 g/mol. The Labute approximate surface area is 165 Å². The van der Waals surface area contributed by atoms with Crippen LogP contribution in [0.4, 0.5) is 0 Å². The first-order chi connectivity index (χ1) is 12.6. The molecule has 1 aliphatic rings. The van der Waals surface area contributed by atoms with Crippen LogP contribution < -0.4 is 0 Å². The number of aryl methyl sites for hydroxylation is 2. The van der Waals surface area contributed by atoms with E-state index in [1.807, 2.05) is 0 Å². The van der Waals surface area contributed by atoms with Crippen LogP contribution in [0.3, 0.4) is 0 Å². The van der Waals surface area contributed by atoms with Gasteiger partial charge >= 0.3 is 0 Å². The van der Waals surface area contributed by atoms with Crippen molar-refractivity contribution in [1.29, 1.82) is 0 Å². The minimum atomic E-state index is 0.151. The molecule has 0 heteroatoms. The van der Waals surface area contributed by atoms with Gasteiger partial charge in [0.2, 0.25) is 0 Å². The Kier molecular flexibility index (Phi) is 5.04. The van der Waals surface area contributed by atoms with Gasteiger partial charge in [-0.2, -0.15) is 0 Å². The van der Waals surface area contributed by atoms with Crippen molar-refractivity contribution >= 4 is 0 Å². The molecular weight excluding hydrogens is 324 g/mol. The Bertz CT molecular complexity index is 935. The van der Waals surface area contributed by atoms with E-state index >= 15 is 0 Å². The lowest BCUT2D eigenvalue weighted by molar-refractivity contribution is 0.590. The second-order valence-electron chi connectivity index (χ2n) is 9.34. The molecule has 0 fully saturated rings. The molecule has 0 N–H and O–H groups in total. The largest absolute Gasteiger partial charge is 0.0619 e. The van der Waals surface area contributed by atoms with E-state index < -0.39 is 0 Å². The number of fused-ring (bicyclic) bond motifs is 3. The van der Waals surface area contributed by atoms with Crippen molar-refractivity contribution in [2.24, 2.45) is 0 Å². The number of hydrogen-bond acceptors (Lipinski definition) is 0. The molecule has 0 unspecified atom stereocenters. The summed E-state index contributed by atoms with van der Waals surface area (Å²) < 4.78 is 0. The van der Waals surface area contributed by atoms with Crippen LogP contribution in [-0.4, -0.2) is 0 Å². The molecule has 0 heterocycles. The second-order valence-corrected chi connectivity index (χ2v) is 9.34. The lowest BCUT2D eigenvalue weighted by Crippen LogP contribution is -2.14. The van der Waals surface area contributed by atoms with Crippen molar-refractivity contribution in [3.05, 3.63) is 94.5 Å². The van der Waals surface area contributed by atoms with Crippen LogP contribution in [0.1, 0.15) is 62.4 Å². The quantitative estimate of drug-likeness (QED) is 0.389. The summed E-state index contributed by atoms with van der Waals surface area (Å²) in [5, 5.41) is 0. The van der Waals surface area contributed by atoms with Crippen LogP contribution in [-0.2, 0) is 10.8 Å². The van der Waals surface area contributed by atoms with Crippen LogP contribution in [0.15, 0.2) is 66.7 Å². The maximum Gasteiger partial charge on any atom is 0.0158 e. The van der Waals surface area contributed by atoms with Crippen LogP contribution in [0.5, 0.6) is 0 Å². The van der Waals surface area contributed by atoms with E-state index in [0.717, 1.165) is 0 Å². The fourth-order valence-electron chi connectivity index (χ4n) is 3.87. The molecule has 0 saturated carbocycles. The summed E-state index contributed by atoms with van der Waals surface area (Å²) >= 11 is 0. The highest BCUT2D eigenvalue weighted by molar-refractivity contribution is 5.80. The lowest BCUT2D eigenvalue weighted by Gasteiger charge is -2.21. The summed E-state index contributed by atoms with van der Waals surface area (Å²) in [7, 11) is 0. The average molecular weight is 357 g/mol. The standard InChI is InChI=1S/C16H16.C11H16/c1-11-8-9-13-12-6-4-5-7-14(12)16(2,3)15(13)10-11;1-9-5-7-10(8-6-9)11(2,3)4/h4-10H,1-3H3;5-8H,1-4H3. The molecule has 27 heavy (non-hydrogen) atoms. The fourth-order valence-corrected chi connectivity index (χ4v) is 3.87. The molecule has 3 aromatic carbocycles. The van der Waals surface area contributed by atoms with E-state index in [4.69, 9.17) is 0 Å². The van der Waals surface area contributed by atoms with Gasteiger partial charge in [0.05, 0.1) is 0 Å². The third kappa shape index (κ3) is 3.86. The summed E-state index contributed by atoms with van der Waals surface area (Å²) in [6.45, 7) is 15.6. The predicted molar refractivity (Wildman–Crippen MR) is 119 cm³/mol. The molecule has 0 nitrogen and oxygen atoms in total. The first-order valence-electron chi connectivity index (χ1n) is 9.89. The minimum absolute atomic E-state index is 0.151. The molecule has 140 valence electrons. The molecule has 4 rings (SSSR count). The van der Waals surface area contributed by atoms with Crippen LogP contribution in [0, 0.1) is 13.8 Å². The van der Waals surface area contributed by atoms with Crippen molar-refractivity contribution in [2.75, 3.05) is 0 Å². The number of benzene rings is 3. The molecule has 1 aliphatic carbocycles. The van der Waals surface area contributed by atoms with E-state index in [-0.39, 0.29) is 10.8 Å². The molecule has 0 atom stereocenters. The Morgan fingerprint density at radius 2 is 1.19 bits per heavy atom. The van der Waals surface area contributed by atoms with Crippen LogP contribution in [0.25, 0.3) is 11.1 Å². The van der Waals surface area contributed by atoms with Gasteiger partial charge in [0.25, 0.3) is 0 Å². The smallest absolute Gasteiger partial charge is 0.0158 e. The van der Waals surface area contributed by atoms with Crippen molar-refractivity contribution in [3.8, 4) is 11.1 Å². The minimum Gasteiger partial charge on any atom is -0.0619 e. The maximum absolute atomic E-state index is 2.33. The zero-order valence-corrected chi connectivity index (χ0v) is 17.9. The first kappa shape index (κ1) is 19.4. The molecule has 0 amide bonds. The van der Waals surface area contributed by atoms with Gasteiger partial charge in [0.1, 0.15) is 0 Å².